The summed E-state index contributed by atoms with van der Waals surface area (Å²) in [6, 6.07) is 0. The molecule has 0 saturated carbocycles. The lowest BCUT2D eigenvalue weighted by Gasteiger charge is -1.98. The van der Waals surface area contributed by atoms with Gasteiger partial charge in [0.05, 0.1) is 5.92 Å². The minimum absolute atomic E-state index is 0.529. The molecule has 0 aliphatic heterocycles. The van der Waals surface area contributed by atoms with E-state index in [1.165, 1.54) is 6.21 Å². The molecule has 0 fully saturated rings. The maximum absolute atomic E-state index is 10.3. The van der Waals surface area contributed by atoms with E-state index in [0.717, 1.165) is 18.5 Å². The highest BCUT2D eigenvalue weighted by Gasteiger charge is 2.06. The zero-order valence-corrected chi connectivity index (χ0v) is 7.58. The van der Waals surface area contributed by atoms with Crippen LogP contribution >= 0.6 is 0 Å². The van der Waals surface area contributed by atoms with Crippen molar-refractivity contribution in [2.24, 2.45) is 10.9 Å². The average molecular weight is 169 g/mol. The van der Waals surface area contributed by atoms with Crippen molar-refractivity contribution in [2.45, 2.75) is 26.7 Å². The van der Waals surface area contributed by atoms with E-state index in [2.05, 4.69) is 11.6 Å². The first-order valence-corrected chi connectivity index (χ1v) is 4.02. The van der Waals surface area contributed by atoms with Crippen LogP contribution < -0.4 is 0 Å². The maximum Gasteiger partial charge on any atom is 0.311 e. The van der Waals surface area contributed by atoms with Gasteiger partial charge in [0.1, 0.15) is 0 Å². The fraction of sp³-hybridized carbons (Fsp3) is 0.556. The van der Waals surface area contributed by atoms with Gasteiger partial charge in [-0.15, -0.1) is 0 Å². The lowest BCUT2D eigenvalue weighted by atomic mass is 10.2. The average Bonchev–Trinajstić information content (AvgIpc) is 2.00. The first kappa shape index (κ1) is 10.9. The molecular weight excluding hydrogens is 154 g/mol. The maximum atomic E-state index is 10.3. The number of aliphatic imine (C=N–C) groups is 1. The van der Waals surface area contributed by atoms with E-state index >= 15 is 0 Å². The molecule has 3 heteroatoms. The molecule has 68 valence electrons. The van der Waals surface area contributed by atoms with Gasteiger partial charge >= 0.3 is 5.97 Å². The van der Waals surface area contributed by atoms with Crippen LogP contribution in [0.15, 0.2) is 17.3 Å². The monoisotopic (exact) mass is 169 g/mol. The Morgan fingerprint density at radius 1 is 1.75 bits per heavy atom. The summed E-state index contributed by atoms with van der Waals surface area (Å²) in [4.78, 5) is 14.3. The van der Waals surface area contributed by atoms with Crippen LogP contribution in [0.5, 0.6) is 0 Å². The van der Waals surface area contributed by atoms with Gasteiger partial charge in [0.25, 0.3) is 0 Å². The highest BCUT2D eigenvalue weighted by Crippen LogP contribution is 2.03. The fourth-order valence-electron chi connectivity index (χ4n) is 0.634. The summed E-state index contributed by atoms with van der Waals surface area (Å²) < 4.78 is 0. The van der Waals surface area contributed by atoms with E-state index in [0.29, 0.717) is 0 Å². The van der Waals surface area contributed by atoms with Gasteiger partial charge in [-0.1, -0.05) is 19.9 Å². The molecule has 0 aromatic heterocycles. The smallest absolute Gasteiger partial charge is 0.311 e. The molecular formula is C9H15NO2. The van der Waals surface area contributed by atoms with Gasteiger partial charge in [-0.2, -0.15) is 0 Å². The second kappa shape index (κ2) is 5.52. The van der Waals surface area contributed by atoms with Gasteiger partial charge in [-0.25, -0.2) is 0 Å². The lowest BCUT2D eigenvalue weighted by Crippen LogP contribution is -2.10. The number of aliphatic carboxylic acids is 1. The summed E-state index contributed by atoms with van der Waals surface area (Å²) in [5.74, 6) is -1.39. The molecule has 1 atom stereocenters. The van der Waals surface area contributed by atoms with Crippen LogP contribution in [-0.2, 0) is 4.79 Å². The molecule has 0 rings (SSSR count). The Morgan fingerprint density at radius 3 is 2.75 bits per heavy atom. The number of allylic oxidation sites excluding steroid dienone is 1. The molecule has 3 nitrogen and oxygen atoms in total. The molecule has 0 unspecified atom stereocenters. The van der Waals surface area contributed by atoms with E-state index < -0.39 is 11.9 Å². The van der Waals surface area contributed by atoms with Crippen LogP contribution in [0.1, 0.15) is 26.7 Å². The quantitative estimate of drug-likeness (QED) is 0.640. The minimum Gasteiger partial charge on any atom is -0.481 e. The van der Waals surface area contributed by atoms with E-state index in [9.17, 15) is 4.79 Å². The van der Waals surface area contributed by atoms with Crippen molar-refractivity contribution in [3.63, 3.8) is 0 Å². The van der Waals surface area contributed by atoms with Gasteiger partial charge in [-0.3, -0.25) is 9.79 Å². The van der Waals surface area contributed by atoms with Crippen molar-refractivity contribution in [1.82, 2.24) is 0 Å². The third kappa shape index (κ3) is 4.66. The number of hydrogen-bond donors (Lipinski definition) is 1. The number of hydrogen-bond acceptors (Lipinski definition) is 2. The Balaban J connectivity index is 3.89. The molecule has 0 bridgehead atoms. The number of carbonyl (C=O) groups is 1. The summed E-state index contributed by atoms with van der Waals surface area (Å²) in [5, 5.41) is 8.50. The topological polar surface area (TPSA) is 49.7 Å². The SMILES string of the molecule is C=C(CCC)/N=C/[C@@H](C)C(=O)O. The summed E-state index contributed by atoms with van der Waals surface area (Å²) in [6.07, 6.45) is 3.22. The van der Waals surface area contributed by atoms with Crippen molar-refractivity contribution < 1.29 is 9.90 Å². The van der Waals surface area contributed by atoms with Crippen molar-refractivity contribution in [3.8, 4) is 0 Å². The largest absolute Gasteiger partial charge is 0.481 e. The molecule has 0 heterocycles. The highest BCUT2D eigenvalue weighted by atomic mass is 16.4. The normalized spacial score (nSPS) is 13.2. The van der Waals surface area contributed by atoms with E-state index in [1.54, 1.807) is 6.92 Å². The molecule has 0 amide bonds. The van der Waals surface area contributed by atoms with Crippen LogP contribution in [0.25, 0.3) is 0 Å². The van der Waals surface area contributed by atoms with Crippen molar-refractivity contribution >= 4 is 12.2 Å². The Hall–Kier alpha value is -1.12. The minimum atomic E-state index is -0.858. The molecule has 0 aromatic rings. The number of rotatable bonds is 5. The third-order valence-corrected chi connectivity index (χ3v) is 1.41. The standard InChI is InChI=1S/C9H15NO2/c1-4-5-8(3)10-6-7(2)9(11)12/h6-7H,3-5H2,1-2H3,(H,11,12)/b10-6+/t7-/m1/s1. The van der Waals surface area contributed by atoms with Crippen LogP contribution in [0.2, 0.25) is 0 Å². The number of carboxylic acid groups (broad SMARTS) is 1. The number of nitrogens with zero attached hydrogens (tertiary/aromatic N) is 1. The zero-order chi connectivity index (χ0) is 9.56. The Bertz CT molecular complexity index is 197. The zero-order valence-electron chi connectivity index (χ0n) is 7.58. The van der Waals surface area contributed by atoms with E-state index in [-0.39, 0.29) is 0 Å². The van der Waals surface area contributed by atoms with Crippen LogP contribution in [0.4, 0.5) is 0 Å². The molecule has 0 spiro atoms. The summed E-state index contributed by atoms with van der Waals surface area (Å²) in [7, 11) is 0. The Kier molecular flexibility index (Phi) is 5.00. The van der Waals surface area contributed by atoms with Crippen LogP contribution in [0.3, 0.4) is 0 Å². The summed E-state index contributed by atoms with van der Waals surface area (Å²) in [6.45, 7) is 7.30. The molecule has 0 saturated heterocycles. The molecule has 0 aliphatic rings. The molecule has 0 aliphatic carbocycles. The first-order chi connectivity index (χ1) is 5.57. The van der Waals surface area contributed by atoms with E-state index in [4.69, 9.17) is 5.11 Å². The summed E-state index contributed by atoms with van der Waals surface area (Å²) in [5.41, 5.74) is 0.741. The van der Waals surface area contributed by atoms with Gasteiger partial charge in [-0.05, 0) is 13.3 Å². The molecule has 0 aromatic carbocycles. The van der Waals surface area contributed by atoms with Crippen LogP contribution in [-0.4, -0.2) is 17.3 Å². The van der Waals surface area contributed by atoms with Crippen LogP contribution in [0, 0.1) is 5.92 Å². The predicted octanol–water partition coefficient (Wildman–Crippen LogP) is 2.09. The fourth-order valence-corrected chi connectivity index (χ4v) is 0.634. The molecule has 0 radical (unpaired) electrons. The third-order valence-electron chi connectivity index (χ3n) is 1.41. The Morgan fingerprint density at radius 2 is 2.33 bits per heavy atom. The van der Waals surface area contributed by atoms with Crippen molar-refractivity contribution in [2.75, 3.05) is 0 Å². The van der Waals surface area contributed by atoms with Gasteiger partial charge in [0.2, 0.25) is 0 Å². The second-order valence-electron chi connectivity index (χ2n) is 2.72. The van der Waals surface area contributed by atoms with Gasteiger partial charge < -0.3 is 5.11 Å². The molecule has 12 heavy (non-hydrogen) atoms. The lowest BCUT2D eigenvalue weighted by molar-refractivity contribution is -0.138. The summed E-state index contributed by atoms with van der Waals surface area (Å²) >= 11 is 0. The van der Waals surface area contributed by atoms with Crippen molar-refractivity contribution in [1.29, 1.82) is 0 Å². The second-order valence-corrected chi connectivity index (χ2v) is 2.72. The predicted molar refractivity (Wildman–Crippen MR) is 49.3 cm³/mol. The van der Waals surface area contributed by atoms with Gasteiger partial charge in [0.15, 0.2) is 0 Å². The van der Waals surface area contributed by atoms with Crippen molar-refractivity contribution in [3.05, 3.63) is 12.3 Å². The van der Waals surface area contributed by atoms with Gasteiger partial charge in [0, 0.05) is 11.9 Å². The molecule has 1 N–H and O–H groups in total. The first-order valence-electron chi connectivity index (χ1n) is 4.02. The van der Waals surface area contributed by atoms with E-state index in [1.807, 2.05) is 6.92 Å². The highest BCUT2D eigenvalue weighted by molar-refractivity contribution is 5.88. The number of carboxylic acids is 1. The Labute approximate surface area is 72.8 Å².